The zero-order valence-corrected chi connectivity index (χ0v) is 15.0. The molecular weight excluding hydrogens is 324 g/mol. The predicted octanol–water partition coefficient (Wildman–Crippen LogP) is 3.77. The summed E-state index contributed by atoms with van der Waals surface area (Å²) >= 11 is 6.25. The van der Waals surface area contributed by atoms with E-state index >= 15 is 0 Å². The molecule has 3 rings (SSSR count). The molecule has 0 saturated carbocycles. The molecule has 5 nitrogen and oxygen atoms in total. The van der Waals surface area contributed by atoms with Gasteiger partial charge in [0.15, 0.2) is 0 Å². The molecule has 1 N–H and O–H groups in total. The third-order valence-corrected chi connectivity index (χ3v) is 5.06. The predicted molar refractivity (Wildman–Crippen MR) is 95.0 cm³/mol. The van der Waals surface area contributed by atoms with Crippen molar-refractivity contribution < 1.29 is 4.74 Å². The van der Waals surface area contributed by atoms with Crippen LogP contribution in [-0.4, -0.2) is 27.9 Å². The molecule has 130 valence electrons. The Bertz CT molecular complexity index is 660. The van der Waals surface area contributed by atoms with E-state index in [-0.39, 0.29) is 12.1 Å². The number of ether oxygens (including phenoxy) is 1. The lowest BCUT2D eigenvalue weighted by atomic mass is 9.91. The lowest BCUT2D eigenvalue weighted by molar-refractivity contribution is -0.0332. The molecule has 24 heavy (non-hydrogen) atoms. The zero-order chi connectivity index (χ0) is 16.9. The number of pyridine rings is 1. The first kappa shape index (κ1) is 17.4. The Morgan fingerprint density at radius 2 is 2.29 bits per heavy atom. The molecule has 3 heterocycles. The van der Waals surface area contributed by atoms with Gasteiger partial charge in [0.05, 0.1) is 10.7 Å². The summed E-state index contributed by atoms with van der Waals surface area (Å²) in [6, 6.07) is 4.23. The molecule has 0 spiro atoms. The first-order chi connectivity index (χ1) is 11.7. The van der Waals surface area contributed by atoms with E-state index in [1.807, 2.05) is 16.9 Å². The fourth-order valence-electron chi connectivity index (χ4n) is 3.40. The zero-order valence-electron chi connectivity index (χ0n) is 14.3. The number of hydrogen-bond donors (Lipinski definition) is 1. The van der Waals surface area contributed by atoms with E-state index in [2.05, 4.69) is 35.3 Å². The van der Waals surface area contributed by atoms with Crippen LogP contribution in [0.3, 0.4) is 0 Å². The van der Waals surface area contributed by atoms with Gasteiger partial charge in [-0.05, 0) is 44.4 Å². The van der Waals surface area contributed by atoms with Crippen molar-refractivity contribution in [1.82, 2.24) is 20.1 Å². The van der Waals surface area contributed by atoms with Crippen LogP contribution in [0.1, 0.15) is 50.1 Å². The number of nitrogens with zero attached hydrogens (tertiary/aromatic N) is 3. The molecule has 0 bridgehead atoms. The van der Waals surface area contributed by atoms with Crippen LogP contribution in [0, 0.1) is 5.92 Å². The summed E-state index contributed by atoms with van der Waals surface area (Å²) in [5.41, 5.74) is 2.26. The van der Waals surface area contributed by atoms with Gasteiger partial charge < -0.3 is 10.1 Å². The summed E-state index contributed by atoms with van der Waals surface area (Å²) in [5.74, 6) is 0.434. The number of aryl methyl sites for hydroxylation is 1. The Kier molecular flexibility index (Phi) is 5.87. The van der Waals surface area contributed by atoms with E-state index < -0.39 is 0 Å². The Morgan fingerprint density at radius 3 is 3.08 bits per heavy atom. The topological polar surface area (TPSA) is 52.0 Å². The molecule has 1 fully saturated rings. The molecule has 2 aromatic heterocycles. The van der Waals surface area contributed by atoms with E-state index in [1.54, 1.807) is 12.4 Å². The first-order valence-corrected chi connectivity index (χ1v) is 9.04. The summed E-state index contributed by atoms with van der Waals surface area (Å²) < 4.78 is 8.14. The number of hydrogen-bond acceptors (Lipinski definition) is 4. The van der Waals surface area contributed by atoms with Crippen molar-refractivity contribution in [2.24, 2.45) is 5.92 Å². The Morgan fingerprint density at radius 1 is 1.42 bits per heavy atom. The number of rotatable bonds is 6. The van der Waals surface area contributed by atoms with Crippen LogP contribution < -0.4 is 5.32 Å². The van der Waals surface area contributed by atoms with Crippen LogP contribution in [0.5, 0.6) is 0 Å². The van der Waals surface area contributed by atoms with E-state index in [0.717, 1.165) is 38.1 Å². The largest absolute Gasteiger partial charge is 0.372 e. The van der Waals surface area contributed by atoms with Crippen LogP contribution in [0.2, 0.25) is 5.02 Å². The highest BCUT2D eigenvalue weighted by atomic mass is 35.5. The smallest absolute Gasteiger partial charge is 0.103 e. The molecule has 0 aliphatic carbocycles. The third kappa shape index (κ3) is 3.79. The molecule has 2 aromatic rings. The van der Waals surface area contributed by atoms with Gasteiger partial charge in [0.1, 0.15) is 6.10 Å². The van der Waals surface area contributed by atoms with E-state index in [1.165, 1.54) is 5.69 Å². The molecule has 0 aromatic carbocycles. The molecule has 1 aliphatic rings. The summed E-state index contributed by atoms with van der Waals surface area (Å²) in [6.45, 7) is 6.82. The molecule has 1 aliphatic heterocycles. The fourth-order valence-corrected chi connectivity index (χ4v) is 3.69. The Balaban J connectivity index is 1.67. The SMILES string of the molecule is CCn1nccc1[C@@H]1OCCC[C@H]1CNC(C)c1ccncc1Cl. The molecule has 1 saturated heterocycles. The van der Waals surface area contributed by atoms with Crippen molar-refractivity contribution in [3.8, 4) is 0 Å². The van der Waals surface area contributed by atoms with Gasteiger partial charge in [-0.25, -0.2) is 0 Å². The Hall–Kier alpha value is -1.43. The second-order valence-electron chi connectivity index (χ2n) is 6.29. The monoisotopic (exact) mass is 348 g/mol. The number of halogens is 1. The molecule has 1 unspecified atom stereocenters. The first-order valence-electron chi connectivity index (χ1n) is 8.66. The van der Waals surface area contributed by atoms with Crippen molar-refractivity contribution >= 4 is 11.6 Å². The Labute approximate surface area is 148 Å². The van der Waals surface area contributed by atoms with Crippen molar-refractivity contribution in [1.29, 1.82) is 0 Å². The van der Waals surface area contributed by atoms with Gasteiger partial charge in [-0.2, -0.15) is 5.10 Å². The second-order valence-corrected chi connectivity index (χ2v) is 6.70. The molecule has 6 heteroatoms. The maximum atomic E-state index is 6.25. The average molecular weight is 349 g/mol. The fraction of sp³-hybridized carbons (Fsp3) is 0.556. The van der Waals surface area contributed by atoms with Gasteiger partial charge in [-0.1, -0.05) is 11.6 Å². The normalized spacial score (nSPS) is 22.5. The minimum Gasteiger partial charge on any atom is -0.372 e. The highest BCUT2D eigenvalue weighted by molar-refractivity contribution is 6.31. The number of nitrogens with one attached hydrogen (secondary N) is 1. The van der Waals surface area contributed by atoms with Crippen LogP contribution >= 0.6 is 11.6 Å². The second kappa shape index (κ2) is 8.10. The summed E-state index contributed by atoms with van der Waals surface area (Å²) in [6.07, 6.45) is 7.71. The maximum Gasteiger partial charge on any atom is 0.103 e. The van der Waals surface area contributed by atoms with Crippen LogP contribution in [-0.2, 0) is 11.3 Å². The molecular formula is C18H25ClN4O. The van der Waals surface area contributed by atoms with Gasteiger partial charge in [0.2, 0.25) is 0 Å². The summed E-state index contributed by atoms with van der Waals surface area (Å²) in [4.78, 5) is 4.05. The average Bonchev–Trinajstić information content (AvgIpc) is 3.09. The van der Waals surface area contributed by atoms with Crippen LogP contribution in [0.25, 0.3) is 0 Å². The van der Waals surface area contributed by atoms with Crippen molar-refractivity contribution in [3.63, 3.8) is 0 Å². The lowest BCUT2D eigenvalue weighted by Gasteiger charge is -2.33. The van der Waals surface area contributed by atoms with Gasteiger partial charge in [0, 0.05) is 50.2 Å². The van der Waals surface area contributed by atoms with E-state index in [0.29, 0.717) is 10.9 Å². The minimum absolute atomic E-state index is 0.105. The third-order valence-electron chi connectivity index (χ3n) is 4.74. The van der Waals surface area contributed by atoms with E-state index in [4.69, 9.17) is 16.3 Å². The summed E-state index contributed by atoms with van der Waals surface area (Å²) in [7, 11) is 0. The molecule has 3 atom stereocenters. The van der Waals surface area contributed by atoms with Gasteiger partial charge in [-0.15, -0.1) is 0 Å². The number of aromatic nitrogens is 3. The van der Waals surface area contributed by atoms with Gasteiger partial charge >= 0.3 is 0 Å². The highest BCUT2D eigenvalue weighted by Crippen LogP contribution is 2.33. The quantitative estimate of drug-likeness (QED) is 0.863. The van der Waals surface area contributed by atoms with Crippen LogP contribution in [0.4, 0.5) is 0 Å². The van der Waals surface area contributed by atoms with E-state index in [9.17, 15) is 0 Å². The molecule has 0 radical (unpaired) electrons. The molecule has 0 amide bonds. The van der Waals surface area contributed by atoms with Crippen molar-refractivity contribution in [3.05, 3.63) is 47.0 Å². The van der Waals surface area contributed by atoms with Gasteiger partial charge in [-0.3, -0.25) is 9.67 Å². The minimum atomic E-state index is 0.105. The standard InChI is InChI=1S/C18H25ClN4O/c1-3-23-17(7-9-22-23)18-14(5-4-10-24-18)11-21-13(2)15-6-8-20-12-16(15)19/h6-9,12-14,18,21H,3-5,10-11H2,1-2H3/t13?,14-,18+/m0/s1. The highest BCUT2D eigenvalue weighted by Gasteiger charge is 2.30. The maximum absolute atomic E-state index is 6.25. The summed E-state index contributed by atoms with van der Waals surface area (Å²) in [5, 5.41) is 8.71. The van der Waals surface area contributed by atoms with Crippen LogP contribution in [0.15, 0.2) is 30.7 Å². The van der Waals surface area contributed by atoms with Crippen molar-refractivity contribution in [2.75, 3.05) is 13.2 Å². The van der Waals surface area contributed by atoms with Crippen molar-refractivity contribution in [2.45, 2.75) is 45.4 Å². The lowest BCUT2D eigenvalue weighted by Crippen LogP contribution is -2.34. The van der Waals surface area contributed by atoms with Gasteiger partial charge in [0.25, 0.3) is 0 Å².